The molecular formula is C54H52F6N2O7. The van der Waals surface area contributed by atoms with Gasteiger partial charge in [-0.3, -0.25) is 19.7 Å². The monoisotopic (exact) mass is 954 g/mol. The fourth-order valence-electron chi connectivity index (χ4n) is 6.62. The zero-order chi connectivity index (χ0) is 51.2. The Bertz CT molecular complexity index is 2770. The number of aldehydes is 1. The van der Waals surface area contributed by atoms with E-state index in [4.69, 9.17) is 15.9 Å². The van der Waals surface area contributed by atoms with Crippen LogP contribution in [0.1, 0.15) is 74.3 Å². The molecule has 15 heteroatoms. The number of rotatable bonds is 14. The summed E-state index contributed by atoms with van der Waals surface area (Å²) in [5.74, 6) is -2.45. The summed E-state index contributed by atoms with van der Waals surface area (Å²) in [6, 6.07) is 38.0. The van der Waals surface area contributed by atoms with Crippen LogP contribution in [0.5, 0.6) is 0 Å². The summed E-state index contributed by atoms with van der Waals surface area (Å²) in [5.41, 5.74) is 8.58. The normalized spacial score (nSPS) is 13.3. The van der Waals surface area contributed by atoms with Crippen LogP contribution in [0.4, 0.5) is 26.3 Å². The molecule has 6 aromatic rings. The van der Waals surface area contributed by atoms with Gasteiger partial charge in [0.2, 0.25) is 0 Å². The quantitative estimate of drug-likeness (QED) is 0.0353. The first-order chi connectivity index (χ1) is 32.4. The lowest BCUT2D eigenvalue weighted by Gasteiger charge is -2.24. The number of aliphatic hydroxyl groups is 2. The van der Waals surface area contributed by atoms with Crippen molar-refractivity contribution in [1.29, 1.82) is 0 Å². The number of carboxylic acids is 2. The van der Waals surface area contributed by atoms with Crippen LogP contribution in [-0.2, 0) is 28.5 Å². The van der Waals surface area contributed by atoms with Crippen LogP contribution in [0, 0.1) is 13.8 Å². The predicted molar refractivity (Wildman–Crippen MR) is 257 cm³/mol. The van der Waals surface area contributed by atoms with E-state index in [1.807, 2.05) is 111 Å². The Hall–Kier alpha value is -7.17. The summed E-state index contributed by atoms with van der Waals surface area (Å²) >= 11 is 0. The molecule has 362 valence electrons. The Morgan fingerprint density at radius 1 is 0.565 bits per heavy atom. The second-order valence-corrected chi connectivity index (χ2v) is 16.3. The molecule has 0 aliphatic carbocycles. The van der Waals surface area contributed by atoms with Crippen molar-refractivity contribution in [3.8, 4) is 22.3 Å². The molecule has 0 saturated carbocycles. The zero-order valence-electron chi connectivity index (χ0n) is 38.1. The Kier molecular flexibility index (Phi) is 18.7. The minimum absolute atomic E-state index is 0.0230. The third kappa shape index (κ3) is 14.9. The highest BCUT2D eigenvalue weighted by atomic mass is 19.4. The van der Waals surface area contributed by atoms with Gasteiger partial charge < -0.3 is 26.2 Å². The van der Waals surface area contributed by atoms with Crippen molar-refractivity contribution in [2.75, 3.05) is 13.2 Å². The molecule has 0 heterocycles. The van der Waals surface area contributed by atoms with E-state index in [2.05, 4.69) is 5.32 Å². The number of carbonyl (C=O) groups is 3. The zero-order valence-corrected chi connectivity index (χ0v) is 38.1. The molecule has 0 aliphatic heterocycles. The van der Waals surface area contributed by atoms with Crippen molar-refractivity contribution in [2.24, 2.45) is 5.73 Å². The van der Waals surface area contributed by atoms with Crippen molar-refractivity contribution in [3.63, 3.8) is 0 Å². The van der Waals surface area contributed by atoms with Crippen molar-refractivity contribution < 1.29 is 61.2 Å². The molecule has 0 fully saturated rings. The van der Waals surface area contributed by atoms with E-state index in [-0.39, 0.29) is 23.2 Å². The molecule has 7 N–H and O–H groups in total. The largest absolute Gasteiger partial charge is 0.480 e. The van der Waals surface area contributed by atoms with E-state index in [1.54, 1.807) is 12.2 Å². The minimum atomic E-state index is -4.55. The van der Waals surface area contributed by atoms with Gasteiger partial charge in [0.25, 0.3) is 0 Å². The third-order valence-electron chi connectivity index (χ3n) is 11.0. The first-order valence-electron chi connectivity index (χ1n) is 21.2. The number of hydrogen-bond donors (Lipinski definition) is 6. The number of halogens is 6. The predicted octanol–water partition coefficient (Wildman–Crippen LogP) is 11.2. The molecule has 0 unspecified atom stereocenters. The molecule has 6 rings (SSSR count). The molecule has 69 heavy (non-hydrogen) atoms. The van der Waals surface area contributed by atoms with E-state index in [0.717, 1.165) is 56.6 Å². The van der Waals surface area contributed by atoms with Crippen LogP contribution in [-0.4, -0.2) is 62.9 Å². The number of aliphatic carboxylic acids is 2. The first-order valence-corrected chi connectivity index (χ1v) is 21.2. The van der Waals surface area contributed by atoms with E-state index >= 15 is 0 Å². The van der Waals surface area contributed by atoms with Crippen molar-refractivity contribution in [2.45, 2.75) is 57.7 Å². The molecule has 0 aromatic heterocycles. The summed E-state index contributed by atoms with van der Waals surface area (Å²) in [4.78, 5) is 32.3. The summed E-state index contributed by atoms with van der Waals surface area (Å²) in [5, 5.41) is 37.8. The van der Waals surface area contributed by atoms with Crippen molar-refractivity contribution in [3.05, 3.63) is 189 Å². The average molecular weight is 955 g/mol. The summed E-state index contributed by atoms with van der Waals surface area (Å²) in [7, 11) is 0. The number of carboxylic acid groups (broad SMARTS) is 2. The van der Waals surface area contributed by atoms with Gasteiger partial charge in [0, 0.05) is 12.1 Å². The van der Waals surface area contributed by atoms with Gasteiger partial charge >= 0.3 is 24.3 Å². The summed E-state index contributed by atoms with van der Waals surface area (Å²) in [6.45, 7) is 5.20. The van der Waals surface area contributed by atoms with E-state index < -0.39 is 59.7 Å². The number of aliphatic hydroxyl groups excluding tert-OH is 2. The Balaban J connectivity index is 0.000000264. The van der Waals surface area contributed by atoms with Crippen LogP contribution < -0.4 is 11.1 Å². The number of nitrogens with one attached hydrogen (secondary N) is 1. The number of hydrogen-bond acceptors (Lipinski definition) is 7. The minimum Gasteiger partial charge on any atom is -0.480 e. The van der Waals surface area contributed by atoms with Gasteiger partial charge in [-0.15, -0.1) is 0 Å². The van der Waals surface area contributed by atoms with Crippen LogP contribution in [0.2, 0.25) is 0 Å². The molecule has 0 bridgehead atoms. The molecule has 0 amide bonds. The maximum atomic E-state index is 13.6. The standard InChI is InChI=1S/C27H26F3NO3.C23H17F3O.C4H9NO3/c1-18-20(9-6-10-23(18)21-7-4-3-5-8-21)12-13-22-15-19(11-14-24(22)27(28,29)30)16-31-26(2,17-32)25(33)34;1-16-18(8-5-9-21(16)19-6-3-2-4-7-19)11-12-20-14-17(15-27)10-13-22(20)23(24,25)26;1-4(5,2-6)3(7)8/h3-15,31-32H,16-17H2,1-2H3,(H,33,34);2-15H,1H3;6H,2,5H2,1H3,(H,7,8)/b13-12+;12-11+;/t26-;;4-/m1.0/s1. The lowest BCUT2D eigenvalue weighted by Crippen LogP contribution is -2.52. The number of alkyl halides is 6. The Morgan fingerprint density at radius 2 is 1.00 bits per heavy atom. The fraction of sp³-hybridized carbons (Fsp3) is 0.204. The molecule has 0 spiro atoms. The van der Waals surface area contributed by atoms with Gasteiger partial charge in [0.15, 0.2) is 0 Å². The second-order valence-electron chi connectivity index (χ2n) is 16.3. The third-order valence-corrected chi connectivity index (χ3v) is 11.0. The van der Waals surface area contributed by atoms with Gasteiger partial charge in [0.05, 0.1) is 24.3 Å². The number of nitrogens with two attached hydrogens (primary N) is 1. The lowest BCUT2D eigenvalue weighted by atomic mass is 9.95. The van der Waals surface area contributed by atoms with Crippen LogP contribution in [0.3, 0.4) is 0 Å². The van der Waals surface area contributed by atoms with E-state index in [0.29, 0.717) is 11.8 Å². The van der Waals surface area contributed by atoms with Gasteiger partial charge in [-0.05, 0) is 113 Å². The van der Waals surface area contributed by atoms with Gasteiger partial charge in [-0.2, -0.15) is 26.3 Å². The van der Waals surface area contributed by atoms with E-state index in [9.17, 15) is 50.9 Å². The van der Waals surface area contributed by atoms with Gasteiger partial charge in [-0.1, -0.05) is 133 Å². The summed E-state index contributed by atoms with van der Waals surface area (Å²) in [6.07, 6.45) is -2.35. The Labute approximate surface area is 395 Å². The molecule has 2 atom stereocenters. The maximum Gasteiger partial charge on any atom is 0.416 e. The smallest absolute Gasteiger partial charge is 0.416 e. The Morgan fingerprint density at radius 3 is 1.38 bits per heavy atom. The molecule has 0 saturated heterocycles. The molecule has 9 nitrogen and oxygen atoms in total. The van der Waals surface area contributed by atoms with Gasteiger partial charge in [-0.25, -0.2) is 0 Å². The van der Waals surface area contributed by atoms with Crippen LogP contribution in [0.15, 0.2) is 133 Å². The average Bonchev–Trinajstić information content (AvgIpc) is 3.32. The highest BCUT2D eigenvalue weighted by Crippen LogP contribution is 2.36. The van der Waals surface area contributed by atoms with Crippen molar-refractivity contribution >= 4 is 42.5 Å². The highest BCUT2D eigenvalue weighted by molar-refractivity contribution is 5.82. The molecular weight excluding hydrogens is 903 g/mol. The fourth-order valence-corrected chi connectivity index (χ4v) is 6.62. The van der Waals surface area contributed by atoms with Gasteiger partial charge in [0.1, 0.15) is 17.4 Å². The topological polar surface area (TPSA) is 170 Å². The maximum absolute atomic E-state index is 13.6. The SMILES string of the molecule is C[C@](N)(CO)C(=O)O.Cc1c(/C=C/c2cc(C=O)ccc2C(F)(F)F)cccc1-c1ccccc1.Cc1c(/C=C/c2cc(CN[C@](C)(CO)C(=O)O)ccc2C(F)(F)F)cccc1-c1ccccc1. The first kappa shape index (κ1) is 54.4. The molecule has 0 radical (unpaired) electrons. The highest BCUT2D eigenvalue weighted by Gasteiger charge is 2.35. The van der Waals surface area contributed by atoms with Crippen LogP contribution in [0.25, 0.3) is 46.6 Å². The molecule has 0 aliphatic rings. The number of carbonyl (C=O) groups excluding carboxylic acids is 1. The van der Waals surface area contributed by atoms with Crippen molar-refractivity contribution in [1.82, 2.24) is 5.32 Å². The number of benzene rings is 6. The summed E-state index contributed by atoms with van der Waals surface area (Å²) < 4.78 is 80.7. The van der Waals surface area contributed by atoms with E-state index in [1.165, 1.54) is 50.3 Å². The lowest BCUT2D eigenvalue weighted by molar-refractivity contribution is -0.146. The second kappa shape index (κ2) is 23.7. The van der Waals surface area contributed by atoms with Crippen LogP contribution >= 0.6 is 0 Å². The molecule has 6 aromatic carbocycles.